The molecule has 0 aliphatic carbocycles. The summed E-state index contributed by atoms with van der Waals surface area (Å²) in [5.74, 6) is -1.22. The van der Waals surface area contributed by atoms with Crippen LogP contribution in [-0.2, 0) is 16.1 Å². The van der Waals surface area contributed by atoms with Crippen LogP contribution in [0.1, 0.15) is 29.3 Å². The smallest absolute Gasteiger partial charge is 0.321 e. The second kappa shape index (κ2) is 12.1. The lowest BCUT2D eigenvalue weighted by Gasteiger charge is -2.19. The number of carbonyl (C=O) groups is 4. The maximum Gasteiger partial charge on any atom is 0.321 e. The average Bonchev–Trinajstić information content (AvgIpc) is 2.76. The summed E-state index contributed by atoms with van der Waals surface area (Å²) in [6.07, 6.45) is 0.166. The van der Waals surface area contributed by atoms with Crippen LogP contribution in [0.3, 0.4) is 0 Å². The molecule has 0 unspecified atom stereocenters. The number of nitrogens with two attached hydrogens (primary N) is 1. The van der Waals surface area contributed by atoms with E-state index in [4.69, 9.17) is 5.73 Å². The molecule has 0 saturated carbocycles. The van der Waals surface area contributed by atoms with Crippen LogP contribution < -0.4 is 21.7 Å². The van der Waals surface area contributed by atoms with E-state index in [0.717, 1.165) is 5.56 Å². The topological polar surface area (TPSA) is 134 Å². The highest BCUT2D eigenvalue weighted by molar-refractivity contribution is 5.96. The van der Waals surface area contributed by atoms with E-state index in [1.54, 1.807) is 17.0 Å². The van der Waals surface area contributed by atoms with Crippen LogP contribution in [0.4, 0.5) is 10.5 Å². The Labute approximate surface area is 181 Å². The normalized spacial score (nSPS) is 10.4. The zero-order valence-corrected chi connectivity index (χ0v) is 17.4. The van der Waals surface area contributed by atoms with Crippen LogP contribution in [0.5, 0.6) is 0 Å². The highest BCUT2D eigenvalue weighted by atomic mass is 16.2. The first kappa shape index (κ1) is 23.6. The van der Waals surface area contributed by atoms with Crippen LogP contribution >= 0.6 is 0 Å². The molecule has 2 aromatic rings. The van der Waals surface area contributed by atoms with Gasteiger partial charge in [0.05, 0.1) is 6.54 Å². The lowest BCUT2D eigenvalue weighted by molar-refractivity contribution is -0.122. The van der Waals surface area contributed by atoms with E-state index in [-0.39, 0.29) is 18.9 Å². The molecular weight excluding hydrogens is 398 g/mol. The van der Waals surface area contributed by atoms with Gasteiger partial charge in [-0.25, -0.2) is 4.79 Å². The summed E-state index contributed by atoms with van der Waals surface area (Å²) in [6, 6.07) is 15.0. The van der Waals surface area contributed by atoms with Gasteiger partial charge in [-0.1, -0.05) is 37.3 Å². The third-order valence-electron chi connectivity index (χ3n) is 4.47. The highest BCUT2D eigenvalue weighted by Gasteiger charge is 2.14. The van der Waals surface area contributed by atoms with Crippen molar-refractivity contribution < 1.29 is 19.2 Å². The van der Waals surface area contributed by atoms with Crippen LogP contribution in [0.2, 0.25) is 0 Å². The number of rotatable bonds is 10. The summed E-state index contributed by atoms with van der Waals surface area (Å²) < 4.78 is 0. The summed E-state index contributed by atoms with van der Waals surface area (Å²) >= 11 is 0. The maximum atomic E-state index is 12.1. The van der Waals surface area contributed by atoms with Gasteiger partial charge < -0.3 is 16.4 Å². The number of benzene rings is 2. The number of imide groups is 1. The van der Waals surface area contributed by atoms with Crippen LogP contribution in [0.25, 0.3) is 0 Å². The monoisotopic (exact) mass is 425 g/mol. The minimum atomic E-state index is -0.568. The third kappa shape index (κ3) is 8.67. The van der Waals surface area contributed by atoms with Crippen LogP contribution in [0.15, 0.2) is 54.6 Å². The SMILES string of the molecule is CCN(CCC(=O)Nc1ccc(C(N)=O)cc1)CC(=O)NC(=O)NCc1ccccc1. The van der Waals surface area contributed by atoms with Crippen LogP contribution in [0, 0.1) is 0 Å². The number of urea groups is 1. The lowest BCUT2D eigenvalue weighted by Crippen LogP contribution is -2.44. The number of carbonyl (C=O) groups excluding carboxylic acids is 4. The summed E-state index contributed by atoms with van der Waals surface area (Å²) in [5.41, 5.74) is 7.01. The van der Waals surface area contributed by atoms with Gasteiger partial charge in [0.1, 0.15) is 0 Å². The highest BCUT2D eigenvalue weighted by Crippen LogP contribution is 2.09. The van der Waals surface area contributed by atoms with Crippen molar-refractivity contribution in [3.05, 3.63) is 65.7 Å². The van der Waals surface area contributed by atoms with Gasteiger partial charge in [0.2, 0.25) is 17.7 Å². The molecule has 0 aromatic heterocycles. The van der Waals surface area contributed by atoms with E-state index in [9.17, 15) is 19.2 Å². The second-order valence-electron chi connectivity index (χ2n) is 6.82. The van der Waals surface area contributed by atoms with Crippen molar-refractivity contribution in [3.63, 3.8) is 0 Å². The molecule has 2 rings (SSSR count). The molecule has 0 atom stereocenters. The Morgan fingerprint density at radius 2 is 1.61 bits per heavy atom. The number of primary amides is 1. The number of nitrogens with zero attached hydrogens (tertiary/aromatic N) is 1. The number of nitrogens with one attached hydrogen (secondary N) is 3. The van der Waals surface area contributed by atoms with Crippen molar-refractivity contribution in [3.8, 4) is 0 Å². The summed E-state index contributed by atoms with van der Waals surface area (Å²) in [5, 5.41) is 7.64. The molecular formula is C22H27N5O4. The largest absolute Gasteiger partial charge is 0.366 e. The van der Waals surface area contributed by atoms with Gasteiger partial charge in [0.15, 0.2) is 0 Å². The molecule has 0 heterocycles. The summed E-state index contributed by atoms with van der Waals surface area (Å²) in [6.45, 7) is 3.07. The molecule has 0 bridgehead atoms. The fourth-order valence-electron chi connectivity index (χ4n) is 2.74. The number of hydrogen-bond acceptors (Lipinski definition) is 5. The van der Waals surface area contributed by atoms with Gasteiger partial charge in [0, 0.05) is 30.8 Å². The van der Waals surface area contributed by atoms with Crippen LogP contribution in [-0.4, -0.2) is 48.3 Å². The average molecular weight is 425 g/mol. The Bertz CT molecular complexity index is 900. The van der Waals surface area contributed by atoms with E-state index in [0.29, 0.717) is 30.9 Å². The number of likely N-dealkylation sites (N-methyl/N-ethyl adjacent to an activating group) is 1. The molecule has 5 amide bonds. The Hall–Kier alpha value is -3.72. The Balaban J connectivity index is 1.71. The van der Waals surface area contributed by atoms with Crippen molar-refractivity contribution in [2.45, 2.75) is 19.9 Å². The van der Waals surface area contributed by atoms with Crippen molar-refractivity contribution in [1.82, 2.24) is 15.5 Å². The van der Waals surface area contributed by atoms with Gasteiger partial charge in [-0.05, 0) is 36.4 Å². The Kier molecular flexibility index (Phi) is 9.18. The fourth-order valence-corrected chi connectivity index (χ4v) is 2.74. The quantitative estimate of drug-likeness (QED) is 0.457. The van der Waals surface area contributed by atoms with Gasteiger partial charge in [-0.3, -0.25) is 24.6 Å². The predicted molar refractivity (Wildman–Crippen MR) is 117 cm³/mol. The molecule has 0 saturated heterocycles. The molecule has 2 aromatic carbocycles. The predicted octanol–water partition coefficient (Wildman–Crippen LogP) is 1.46. The summed E-state index contributed by atoms with van der Waals surface area (Å²) in [4.78, 5) is 49.0. The van der Waals surface area contributed by atoms with Crippen molar-refractivity contribution >= 4 is 29.4 Å². The first-order valence-corrected chi connectivity index (χ1v) is 9.91. The van der Waals surface area contributed by atoms with Gasteiger partial charge in [-0.2, -0.15) is 0 Å². The molecule has 31 heavy (non-hydrogen) atoms. The standard InChI is InChI=1S/C22H27N5O4/c1-2-27(13-12-19(28)25-18-10-8-17(9-11-18)21(23)30)15-20(29)26-22(31)24-14-16-6-4-3-5-7-16/h3-11H,2,12-15H2,1H3,(H2,23,30)(H,25,28)(H2,24,26,29,31). The lowest BCUT2D eigenvalue weighted by atomic mass is 10.2. The van der Waals surface area contributed by atoms with Gasteiger partial charge in [-0.15, -0.1) is 0 Å². The molecule has 9 nitrogen and oxygen atoms in total. The van der Waals surface area contributed by atoms with E-state index in [2.05, 4.69) is 16.0 Å². The minimum Gasteiger partial charge on any atom is -0.366 e. The molecule has 0 spiro atoms. The third-order valence-corrected chi connectivity index (χ3v) is 4.47. The second-order valence-corrected chi connectivity index (χ2v) is 6.82. The zero-order valence-electron chi connectivity index (χ0n) is 17.4. The van der Waals surface area contributed by atoms with E-state index in [1.807, 2.05) is 37.3 Å². The van der Waals surface area contributed by atoms with E-state index < -0.39 is 17.8 Å². The van der Waals surface area contributed by atoms with Gasteiger partial charge >= 0.3 is 6.03 Å². The maximum absolute atomic E-state index is 12.1. The fraction of sp³-hybridized carbons (Fsp3) is 0.273. The Morgan fingerprint density at radius 3 is 2.23 bits per heavy atom. The first-order valence-electron chi connectivity index (χ1n) is 9.91. The molecule has 9 heteroatoms. The molecule has 0 radical (unpaired) electrons. The number of anilines is 1. The first-order chi connectivity index (χ1) is 14.9. The molecule has 0 fully saturated rings. The van der Waals surface area contributed by atoms with Gasteiger partial charge in [0.25, 0.3) is 0 Å². The number of hydrogen-bond donors (Lipinski definition) is 4. The zero-order chi connectivity index (χ0) is 22.6. The molecule has 0 aliphatic rings. The Morgan fingerprint density at radius 1 is 0.935 bits per heavy atom. The van der Waals surface area contributed by atoms with E-state index >= 15 is 0 Å². The summed E-state index contributed by atoms with van der Waals surface area (Å²) in [7, 11) is 0. The van der Waals surface area contributed by atoms with Crippen molar-refractivity contribution in [2.24, 2.45) is 5.73 Å². The van der Waals surface area contributed by atoms with Crippen molar-refractivity contribution in [2.75, 3.05) is 25.0 Å². The molecule has 5 N–H and O–H groups in total. The minimum absolute atomic E-state index is 0.00412. The van der Waals surface area contributed by atoms with Crippen molar-refractivity contribution in [1.29, 1.82) is 0 Å². The molecule has 0 aliphatic heterocycles. The van der Waals surface area contributed by atoms with E-state index in [1.165, 1.54) is 12.1 Å². The number of amides is 5. The molecule has 164 valence electrons.